The molecule has 0 bridgehead atoms. The first-order valence-corrected chi connectivity index (χ1v) is 13.9. The number of nitrogens with one attached hydrogen (secondary N) is 1. The average molecular weight is 586 g/mol. The van der Waals surface area contributed by atoms with Crippen molar-refractivity contribution >= 4 is 45.0 Å². The Kier molecular flexibility index (Phi) is 8.55. The lowest BCUT2D eigenvalue weighted by Crippen LogP contribution is -2.48. The lowest BCUT2D eigenvalue weighted by molar-refractivity contribution is 0.0834. The van der Waals surface area contributed by atoms with E-state index in [0.717, 1.165) is 8.99 Å². The van der Waals surface area contributed by atoms with Crippen molar-refractivity contribution in [2.24, 2.45) is 0 Å². The normalized spacial score (nSPS) is 14.6. The van der Waals surface area contributed by atoms with E-state index in [1.165, 1.54) is 6.07 Å². The second-order valence-electron chi connectivity index (χ2n) is 10.1. The zero-order chi connectivity index (χ0) is 28.6. The van der Waals surface area contributed by atoms with Gasteiger partial charge in [0.25, 0.3) is 5.91 Å². The van der Waals surface area contributed by atoms with Crippen molar-refractivity contribution in [3.8, 4) is 11.4 Å². The third kappa shape index (κ3) is 6.33. The summed E-state index contributed by atoms with van der Waals surface area (Å²) in [6.45, 7) is 12.8. The number of hydrogen-bond acceptors (Lipinski definition) is 7. The summed E-state index contributed by atoms with van der Waals surface area (Å²) in [5.74, 6) is -0.327. The molecule has 0 fully saturated rings. The summed E-state index contributed by atoms with van der Waals surface area (Å²) in [5.41, 5.74) is 0.696. The highest BCUT2D eigenvalue weighted by atomic mass is 35.5. The molecular weight excluding hydrogens is 555 g/mol. The zero-order valence-corrected chi connectivity index (χ0v) is 24.4. The van der Waals surface area contributed by atoms with E-state index >= 15 is 0 Å². The van der Waals surface area contributed by atoms with E-state index in [-0.39, 0.29) is 16.5 Å². The molecule has 0 atom stereocenters. The monoisotopic (exact) mass is 584 g/mol. The van der Waals surface area contributed by atoms with Crippen LogP contribution in [0.25, 0.3) is 5.69 Å². The van der Waals surface area contributed by atoms with E-state index in [0.29, 0.717) is 33.6 Å². The quantitative estimate of drug-likeness (QED) is 0.433. The van der Waals surface area contributed by atoms with Crippen LogP contribution < -0.4 is 15.2 Å². The fourth-order valence-electron chi connectivity index (χ4n) is 3.44. The van der Waals surface area contributed by atoms with Gasteiger partial charge in [0.05, 0.1) is 33.1 Å². The summed E-state index contributed by atoms with van der Waals surface area (Å²) in [7, 11) is -3.75. The van der Waals surface area contributed by atoms with E-state index in [2.05, 4.69) is 9.82 Å². The number of carbonyl (C=O) groups excluding carboxylic acids is 1. The SMILES string of the molecule is CC(C)N1C(=O)c2ccccc2NS1(=O)=O.CC(C)Oc1cc(-n2nc(C(C)(C)C)oc2=O)c(Cl)cc1Cl. The van der Waals surface area contributed by atoms with E-state index in [1.54, 1.807) is 44.2 Å². The van der Waals surface area contributed by atoms with Gasteiger partial charge in [-0.3, -0.25) is 9.52 Å². The molecular formula is C25H30Cl2N4O6S. The maximum atomic E-state index is 12.1. The van der Waals surface area contributed by atoms with Gasteiger partial charge in [-0.15, -0.1) is 5.10 Å². The van der Waals surface area contributed by atoms with Crippen LogP contribution in [0.15, 0.2) is 45.6 Å². The maximum Gasteiger partial charge on any atom is 0.442 e. The predicted octanol–water partition coefficient (Wildman–Crippen LogP) is 5.42. The smallest absolute Gasteiger partial charge is 0.442 e. The van der Waals surface area contributed by atoms with Gasteiger partial charge in [0.2, 0.25) is 5.89 Å². The number of amides is 1. The molecule has 1 N–H and O–H groups in total. The van der Waals surface area contributed by atoms with Crippen molar-refractivity contribution in [3.63, 3.8) is 0 Å². The third-order valence-electron chi connectivity index (χ3n) is 5.11. The van der Waals surface area contributed by atoms with Gasteiger partial charge in [-0.1, -0.05) is 56.1 Å². The Morgan fingerprint density at radius 1 is 1.03 bits per heavy atom. The molecule has 1 aromatic heterocycles. The van der Waals surface area contributed by atoms with Crippen molar-refractivity contribution in [3.05, 3.63) is 68.4 Å². The van der Waals surface area contributed by atoms with E-state index < -0.39 is 27.9 Å². The minimum absolute atomic E-state index is 0.0642. The Morgan fingerprint density at radius 2 is 1.66 bits per heavy atom. The first-order chi connectivity index (χ1) is 17.5. The Hall–Kier alpha value is -3.02. The van der Waals surface area contributed by atoms with Crippen LogP contribution in [-0.4, -0.2) is 40.6 Å². The van der Waals surface area contributed by atoms with Gasteiger partial charge in [-0.25, -0.2) is 9.10 Å². The van der Waals surface area contributed by atoms with Gasteiger partial charge in [0, 0.05) is 17.5 Å². The molecule has 0 spiro atoms. The molecule has 1 aliphatic heterocycles. The minimum atomic E-state index is -3.75. The number of benzene rings is 2. The second kappa shape index (κ2) is 11.0. The Morgan fingerprint density at radius 3 is 2.21 bits per heavy atom. The fourth-order valence-corrected chi connectivity index (χ4v) is 5.38. The number of fused-ring (bicyclic) bond motifs is 1. The van der Waals surface area contributed by atoms with Crippen LogP contribution in [0.1, 0.15) is 64.7 Å². The molecule has 1 aliphatic rings. The fraction of sp³-hybridized carbons (Fsp3) is 0.400. The molecule has 10 nitrogen and oxygen atoms in total. The molecule has 1 amide bonds. The minimum Gasteiger partial charge on any atom is -0.489 e. The number of halogens is 2. The molecule has 0 saturated heterocycles. The standard InChI is InChI=1S/C15H18Cl2N2O3.C10H12N2O3S/c1-8(2)21-12-7-11(9(16)6-10(12)17)19-14(20)22-13(18-19)15(3,4)5;1-7(2)12-10(13)8-5-3-4-6-9(8)11-16(12,14)15/h6-8H,1-5H3;3-7,11H,1-2H3. The highest BCUT2D eigenvalue weighted by molar-refractivity contribution is 7.91. The molecule has 4 rings (SSSR count). The molecule has 0 radical (unpaired) electrons. The molecule has 3 aromatic rings. The number of rotatable bonds is 4. The number of aromatic nitrogens is 2. The van der Waals surface area contributed by atoms with Gasteiger partial charge in [-0.2, -0.15) is 13.1 Å². The maximum absolute atomic E-state index is 12.1. The number of ether oxygens (including phenoxy) is 1. The molecule has 13 heteroatoms. The van der Waals surface area contributed by atoms with E-state index in [1.807, 2.05) is 34.6 Å². The van der Waals surface area contributed by atoms with Crippen molar-refractivity contribution in [2.45, 2.75) is 66.0 Å². The molecule has 38 heavy (non-hydrogen) atoms. The summed E-state index contributed by atoms with van der Waals surface area (Å²) in [4.78, 5) is 24.0. The summed E-state index contributed by atoms with van der Waals surface area (Å²) < 4.78 is 38.7. The van der Waals surface area contributed by atoms with Crippen molar-refractivity contribution in [2.75, 3.05) is 4.72 Å². The number of anilines is 1. The van der Waals surface area contributed by atoms with Crippen molar-refractivity contribution in [1.82, 2.24) is 14.1 Å². The van der Waals surface area contributed by atoms with Gasteiger partial charge in [-0.05, 0) is 45.9 Å². The number of nitrogens with zero attached hydrogens (tertiary/aromatic N) is 3. The van der Waals surface area contributed by atoms with Crippen LogP contribution in [0.2, 0.25) is 10.0 Å². The summed E-state index contributed by atoms with van der Waals surface area (Å²) in [5, 5.41) is 4.88. The molecule has 0 aliphatic carbocycles. The van der Waals surface area contributed by atoms with Crippen LogP contribution >= 0.6 is 23.2 Å². The van der Waals surface area contributed by atoms with Crippen LogP contribution in [0.3, 0.4) is 0 Å². The van der Waals surface area contributed by atoms with Crippen molar-refractivity contribution < 1.29 is 22.4 Å². The molecule has 2 heterocycles. The molecule has 206 valence electrons. The van der Waals surface area contributed by atoms with Crippen LogP contribution in [0.4, 0.5) is 5.69 Å². The first kappa shape index (κ1) is 29.5. The van der Waals surface area contributed by atoms with E-state index in [9.17, 15) is 18.0 Å². The topological polar surface area (TPSA) is 124 Å². The second-order valence-corrected chi connectivity index (χ2v) is 12.4. The Balaban J connectivity index is 0.000000221. The molecule has 0 saturated carbocycles. The zero-order valence-electron chi connectivity index (χ0n) is 22.1. The number of hydrogen-bond donors (Lipinski definition) is 1. The highest BCUT2D eigenvalue weighted by Crippen LogP contribution is 2.33. The van der Waals surface area contributed by atoms with Crippen molar-refractivity contribution in [1.29, 1.82) is 0 Å². The lowest BCUT2D eigenvalue weighted by atomic mass is 9.97. The van der Waals surface area contributed by atoms with Crippen LogP contribution in [0.5, 0.6) is 5.75 Å². The third-order valence-corrected chi connectivity index (χ3v) is 7.29. The van der Waals surface area contributed by atoms with Gasteiger partial charge < -0.3 is 9.15 Å². The first-order valence-electron chi connectivity index (χ1n) is 11.7. The van der Waals surface area contributed by atoms with Crippen LogP contribution in [0, 0.1) is 0 Å². The lowest BCUT2D eigenvalue weighted by Gasteiger charge is -2.31. The predicted molar refractivity (Wildman–Crippen MR) is 147 cm³/mol. The number of carbonyl (C=O) groups is 1. The molecule has 2 aromatic carbocycles. The van der Waals surface area contributed by atoms with E-state index in [4.69, 9.17) is 32.4 Å². The van der Waals surface area contributed by atoms with Gasteiger partial charge >= 0.3 is 16.0 Å². The van der Waals surface area contributed by atoms with Crippen LogP contribution in [-0.2, 0) is 15.6 Å². The highest BCUT2D eigenvalue weighted by Gasteiger charge is 2.36. The summed E-state index contributed by atoms with van der Waals surface area (Å²) >= 11 is 12.3. The summed E-state index contributed by atoms with van der Waals surface area (Å²) in [6.07, 6.45) is -0.0642. The largest absolute Gasteiger partial charge is 0.489 e. The summed E-state index contributed by atoms with van der Waals surface area (Å²) in [6, 6.07) is 9.26. The molecule has 0 unspecified atom stereocenters. The Labute approximate surface area is 231 Å². The van der Waals surface area contributed by atoms with Gasteiger partial charge in [0.15, 0.2) is 0 Å². The van der Waals surface area contributed by atoms with Gasteiger partial charge in [0.1, 0.15) is 5.75 Å². The average Bonchev–Trinajstić information content (AvgIpc) is 3.17. The number of para-hydroxylation sites is 1. The Bertz CT molecular complexity index is 1510.